The minimum absolute atomic E-state index is 0.0646. The molecule has 0 radical (unpaired) electrons. The van der Waals surface area contributed by atoms with Gasteiger partial charge in [0.2, 0.25) is 0 Å². The molecule has 1 saturated heterocycles. The quantitative estimate of drug-likeness (QED) is 0.626. The van der Waals surface area contributed by atoms with Crippen LogP contribution in [0.1, 0.15) is 34.6 Å². The third-order valence-electron chi connectivity index (χ3n) is 3.47. The molecule has 1 rings (SSSR count). The van der Waals surface area contributed by atoms with Crippen LogP contribution < -0.4 is 0 Å². The summed E-state index contributed by atoms with van der Waals surface area (Å²) in [5.74, 6) is 0. The highest BCUT2D eigenvalue weighted by atomic mass is 19.4. The largest absolute Gasteiger partial charge is 0.524 e. The lowest BCUT2D eigenvalue weighted by molar-refractivity contribution is -0.232. The van der Waals surface area contributed by atoms with Gasteiger partial charge in [0.25, 0.3) is 0 Å². The van der Waals surface area contributed by atoms with E-state index in [0.717, 1.165) is 0 Å². The number of aliphatic hydroxyl groups is 1. The fourth-order valence-corrected chi connectivity index (χ4v) is 1.37. The van der Waals surface area contributed by atoms with Crippen LogP contribution in [0.2, 0.25) is 0 Å². The molecule has 1 aliphatic heterocycles. The zero-order valence-corrected chi connectivity index (χ0v) is 11.4. The molecule has 0 aromatic rings. The summed E-state index contributed by atoms with van der Waals surface area (Å²) in [5, 5.41) is 9.19. The average molecular weight is 284 g/mol. The van der Waals surface area contributed by atoms with E-state index in [9.17, 15) is 22.7 Å². The molecular formula is C11H17BF4O3. The van der Waals surface area contributed by atoms with Crippen LogP contribution in [-0.2, 0) is 9.31 Å². The summed E-state index contributed by atoms with van der Waals surface area (Å²) in [6, 6.07) is 0. The van der Waals surface area contributed by atoms with Gasteiger partial charge in [-0.2, -0.15) is 13.2 Å². The van der Waals surface area contributed by atoms with E-state index < -0.39 is 35.8 Å². The third-order valence-corrected chi connectivity index (χ3v) is 3.47. The summed E-state index contributed by atoms with van der Waals surface area (Å²) >= 11 is 0. The lowest BCUT2D eigenvalue weighted by Gasteiger charge is -2.32. The van der Waals surface area contributed by atoms with Crippen LogP contribution in [0.5, 0.6) is 0 Å². The van der Waals surface area contributed by atoms with Gasteiger partial charge in [0.05, 0.1) is 11.2 Å². The molecule has 0 aromatic carbocycles. The summed E-state index contributed by atoms with van der Waals surface area (Å²) in [6.07, 6.45) is -4.91. The standard InChI is InChI=1S/C11H17BF4O3/c1-8(2)9(3,4)19-12(18-8)7(13)6-10(5,17)11(14,15)16/h6,17H,1-5H3. The molecule has 0 bridgehead atoms. The van der Waals surface area contributed by atoms with Crippen molar-refractivity contribution in [3.63, 3.8) is 0 Å². The zero-order chi connectivity index (χ0) is 15.3. The van der Waals surface area contributed by atoms with Crippen molar-refractivity contribution in [3.05, 3.63) is 11.8 Å². The van der Waals surface area contributed by atoms with E-state index >= 15 is 0 Å². The third kappa shape index (κ3) is 3.12. The molecule has 1 aliphatic rings. The normalized spacial score (nSPS) is 26.4. The Balaban J connectivity index is 2.96. The smallest absolute Gasteiger partial charge is 0.398 e. The first-order valence-electron chi connectivity index (χ1n) is 5.73. The van der Waals surface area contributed by atoms with Gasteiger partial charge in [-0.25, -0.2) is 4.39 Å². The van der Waals surface area contributed by atoms with Crippen molar-refractivity contribution in [1.29, 1.82) is 0 Å². The summed E-state index contributed by atoms with van der Waals surface area (Å²) in [6.45, 7) is 7.02. The van der Waals surface area contributed by atoms with Crippen molar-refractivity contribution in [3.8, 4) is 0 Å². The minimum Gasteiger partial charge on any atom is -0.398 e. The fraction of sp³-hybridized carbons (Fsp3) is 0.818. The van der Waals surface area contributed by atoms with E-state index in [1.54, 1.807) is 27.7 Å². The predicted molar refractivity (Wildman–Crippen MR) is 62.0 cm³/mol. The first-order valence-corrected chi connectivity index (χ1v) is 5.73. The van der Waals surface area contributed by atoms with Crippen molar-refractivity contribution in [1.82, 2.24) is 0 Å². The number of hydrogen-bond acceptors (Lipinski definition) is 3. The average Bonchev–Trinajstić information content (AvgIpc) is 2.33. The van der Waals surface area contributed by atoms with Crippen molar-refractivity contribution >= 4 is 7.12 Å². The number of rotatable bonds is 2. The number of hydrogen-bond donors (Lipinski definition) is 1. The second-order valence-electron chi connectivity index (χ2n) is 5.76. The van der Waals surface area contributed by atoms with Gasteiger partial charge in [0, 0.05) is 0 Å². The molecule has 0 aromatic heterocycles. The van der Waals surface area contributed by atoms with Gasteiger partial charge in [0.1, 0.15) is 5.73 Å². The van der Waals surface area contributed by atoms with Crippen molar-refractivity contribution in [2.75, 3.05) is 0 Å². The van der Waals surface area contributed by atoms with Crippen LogP contribution in [0.15, 0.2) is 11.8 Å². The van der Waals surface area contributed by atoms with Gasteiger partial charge in [-0.3, -0.25) is 0 Å². The van der Waals surface area contributed by atoms with E-state index in [0.29, 0.717) is 6.92 Å². The van der Waals surface area contributed by atoms with Crippen molar-refractivity contribution in [2.24, 2.45) is 0 Å². The van der Waals surface area contributed by atoms with Crippen molar-refractivity contribution in [2.45, 2.75) is 57.6 Å². The van der Waals surface area contributed by atoms with Crippen LogP contribution in [0, 0.1) is 0 Å². The first-order chi connectivity index (χ1) is 8.20. The Kier molecular flexibility index (Phi) is 3.86. The van der Waals surface area contributed by atoms with Crippen molar-refractivity contribution < 1.29 is 32.0 Å². The van der Waals surface area contributed by atoms with Crippen LogP contribution in [-0.4, -0.2) is 35.2 Å². The lowest BCUT2D eigenvalue weighted by atomic mass is 9.85. The second kappa shape index (κ2) is 4.46. The fourth-order valence-electron chi connectivity index (χ4n) is 1.37. The molecule has 1 N–H and O–H groups in total. The summed E-state index contributed by atoms with van der Waals surface area (Å²) < 4.78 is 61.6. The Morgan fingerprint density at radius 2 is 1.47 bits per heavy atom. The van der Waals surface area contributed by atoms with E-state index in [2.05, 4.69) is 0 Å². The molecule has 0 spiro atoms. The van der Waals surface area contributed by atoms with Gasteiger partial charge >= 0.3 is 13.3 Å². The molecule has 19 heavy (non-hydrogen) atoms. The maximum absolute atomic E-state index is 13.8. The van der Waals surface area contributed by atoms with Crippen LogP contribution in [0.4, 0.5) is 17.6 Å². The summed E-state index contributed by atoms with van der Waals surface area (Å²) in [7, 11) is -1.56. The maximum Gasteiger partial charge on any atom is 0.524 e. The molecule has 1 unspecified atom stereocenters. The summed E-state index contributed by atoms with van der Waals surface area (Å²) in [4.78, 5) is 0. The zero-order valence-electron chi connectivity index (χ0n) is 11.4. The molecule has 110 valence electrons. The lowest BCUT2D eigenvalue weighted by Crippen LogP contribution is -2.41. The van der Waals surface area contributed by atoms with Gasteiger partial charge in [0.15, 0.2) is 5.60 Å². The monoisotopic (exact) mass is 284 g/mol. The second-order valence-corrected chi connectivity index (χ2v) is 5.76. The Morgan fingerprint density at radius 1 is 1.11 bits per heavy atom. The van der Waals surface area contributed by atoms with Gasteiger partial charge < -0.3 is 14.4 Å². The van der Waals surface area contributed by atoms with Gasteiger partial charge in [-0.15, -0.1) is 0 Å². The molecule has 8 heteroatoms. The summed E-state index contributed by atoms with van der Waals surface area (Å²) in [5.41, 5.74) is -6.32. The molecule has 3 nitrogen and oxygen atoms in total. The Labute approximate surface area is 109 Å². The Hall–Kier alpha value is -0.595. The Bertz CT molecular complexity index is 372. The van der Waals surface area contributed by atoms with Crippen LogP contribution >= 0.6 is 0 Å². The number of alkyl halides is 3. The molecule has 0 aliphatic carbocycles. The highest BCUT2D eigenvalue weighted by Gasteiger charge is 2.55. The van der Waals surface area contributed by atoms with E-state index in [1.807, 2.05) is 0 Å². The van der Waals surface area contributed by atoms with Gasteiger partial charge in [-0.05, 0) is 40.7 Å². The van der Waals surface area contributed by atoms with E-state index in [4.69, 9.17) is 9.31 Å². The van der Waals surface area contributed by atoms with E-state index in [1.165, 1.54) is 0 Å². The van der Waals surface area contributed by atoms with Gasteiger partial charge in [-0.1, -0.05) is 0 Å². The number of halogens is 4. The maximum atomic E-state index is 13.8. The van der Waals surface area contributed by atoms with E-state index in [-0.39, 0.29) is 6.08 Å². The molecule has 0 saturated carbocycles. The molecule has 0 amide bonds. The molecular weight excluding hydrogens is 267 g/mol. The minimum atomic E-state index is -4.98. The Morgan fingerprint density at radius 3 is 1.79 bits per heavy atom. The highest BCUT2D eigenvalue weighted by Crippen LogP contribution is 2.40. The van der Waals surface area contributed by atoms with Crippen LogP contribution in [0.3, 0.4) is 0 Å². The molecule has 1 atom stereocenters. The molecule has 1 heterocycles. The van der Waals surface area contributed by atoms with Crippen LogP contribution in [0.25, 0.3) is 0 Å². The predicted octanol–water partition coefficient (Wildman–Crippen LogP) is 2.78. The first kappa shape index (κ1) is 16.5. The SMILES string of the molecule is CC(O)(C=C(F)B1OC(C)(C)C(C)(C)O1)C(F)(F)F. The highest BCUT2D eigenvalue weighted by molar-refractivity contribution is 6.53. The molecule has 1 fully saturated rings. The topological polar surface area (TPSA) is 38.7 Å².